The molecule has 0 bridgehead atoms. The molecular formula is C17H17NO5. The van der Waals surface area contributed by atoms with E-state index in [1.165, 1.54) is 19.2 Å². The maximum atomic E-state index is 12.2. The van der Waals surface area contributed by atoms with Gasteiger partial charge in [-0.25, -0.2) is 4.79 Å². The first kappa shape index (κ1) is 16.4. The first-order valence-electron chi connectivity index (χ1n) is 6.88. The Morgan fingerprint density at radius 1 is 1.00 bits per heavy atom. The fraction of sp³-hybridized carbons (Fsp3) is 0.176. The maximum absolute atomic E-state index is 12.2. The van der Waals surface area contributed by atoms with Crippen LogP contribution in [0.3, 0.4) is 0 Å². The van der Waals surface area contributed by atoms with E-state index in [4.69, 9.17) is 14.6 Å². The molecule has 0 aromatic heterocycles. The minimum absolute atomic E-state index is 0.0303. The molecule has 0 radical (unpaired) electrons. The van der Waals surface area contributed by atoms with E-state index in [0.717, 1.165) is 5.56 Å². The minimum atomic E-state index is -1.14. The lowest BCUT2D eigenvalue weighted by molar-refractivity contribution is 0.0691. The third kappa shape index (κ3) is 3.79. The van der Waals surface area contributed by atoms with Gasteiger partial charge in [0.15, 0.2) is 11.5 Å². The number of hydrogen-bond donors (Lipinski definition) is 2. The number of carbonyl (C=O) groups excluding carboxylic acids is 1. The Morgan fingerprint density at radius 2 is 1.65 bits per heavy atom. The van der Waals surface area contributed by atoms with Gasteiger partial charge in [0, 0.05) is 6.54 Å². The number of carbonyl (C=O) groups is 2. The van der Waals surface area contributed by atoms with Crippen LogP contribution < -0.4 is 14.8 Å². The predicted molar refractivity (Wildman–Crippen MR) is 84.1 cm³/mol. The van der Waals surface area contributed by atoms with Crippen LogP contribution in [0.25, 0.3) is 0 Å². The summed E-state index contributed by atoms with van der Waals surface area (Å²) in [6, 6.07) is 11.4. The molecule has 0 heterocycles. The number of aromatic carboxylic acids is 1. The summed E-state index contributed by atoms with van der Waals surface area (Å²) in [4.78, 5) is 23.3. The molecule has 0 saturated carbocycles. The van der Waals surface area contributed by atoms with Crippen LogP contribution in [-0.4, -0.2) is 31.2 Å². The van der Waals surface area contributed by atoms with Crippen molar-refractivity contribution in [2.24, 2.45) is 0 Å². The monoisotopic (exact) mass is 315 g/mol. The summed E-state index contributed by atoms with van der Waals surface area (Å²) in [6.45, 7) is 0.243. The highest BCUT2D eigenvalue weighted by Crippen LogP contribution is 2.27. The zero-order chi connectivity index (χ0) is 16.8. The largest absolute Gasteiger partial charge is 0.493 e. The first-order valence-corrected chi connectivity index (χ1v) is 6.88. The van der Waals surface area contributed by atoms with Crippen molar-refractivity contribution in [3.63, 3.8) is 0 Å². The quantitative estimate of drug-likeness (QED) is 0.854. The lowest BCUT2D eigenvalue weighted by Gasteiger charge is -2.11. The Hall–Kier alpha value is -3.02. The summed E-state index contributed by atoms with van der Waals surface area (Å²) in [7, 11) is 3.07. The first-order chi connectivity index (χ1) is 11.1. The molecule has 1 amide bonds. The number of carboxylic acids is 1. The third-order valence-electron chi connectivity index (χ3n) is 3.30. The molecule has 0 aliphatic carbocycles. The van der Waals surface area contributed by atoms with Gasteiger partial charge in [-0.2, -0.15) is 0 Å². The van der Waals surface area contributed by atoms with E-state index in [1.54, 1.807) is 37.4 Å². The van der Waals surface area contributed by atoms with Crippen molar-refractivity contribution < 1.29 is 24.2 Å². The number of amides is 1. The van der Waals surface area contributed by atoms with E-state index in [2.05, 4.69) is 5.32 Å². The van der Waals surface area contributed by atoms with E-state index < -0.39 is 11.9 Å². The summed E-state index contributed by atoms with van der Waals surface area (Å²) in [6.07, 6.45) is 0. The Labute approximate surface area is 133 Å². The number of benzene rings is 2. The van der Waals surface area contributed by atoms with Gasteiger partial charge >= 0.3 is 5.97 Å². The number of rotatable bonds is 6. The van der Waals surface area contributed by atoms with Crippen molar-refractivity contribution >= 4 is 11.9 Å². The molecular weight excluding hydrogens is 298 g/mol. The van der Waals surface area contributed by atoms with Crippen molar-refractivity contribution in [1.29, 1.82) is 0 Å². The molecule has 120 valence electrons. The molecule has 0 saturated heterocycles. The van der Waals surface area contributed by atoms with Crippen LogP contribution in [0.4, 0.5) is 0 Å². The van der Waals surface area contributed by atoms with E-state index in [-0.39, 0.29) is 17.7 Å². The number of carboxylic acid groups (broad SMARTS) is 1. The van der Waals surface area contributed by atoms with E-state index in [0.29, 0.717) is 11.5 Å². The van der Waals surface area contributed by atoms with Crippen molar-refractivity contribution in [3.8, 4) is 11.5 Å². The minimum Gasteiger partial charge on any atom is -0.493 e. The second kappa shape index (κ2) is 7.31. The molecule has 6 nitrogen and oxygen atoms in total. The van der Waals surface area contributed by atoms with Gasteiger partial charge in [0.25, 0.3) is 5.91 Å². The third-order valence-corrected chi connectivity index (χ3v) is 3.30. The SMILES string of the molecule is COc1ccc(CNC(=O)c2ccccc2C(=O)O)cc1OC. The fourth-order valence-electron chi connectivity index (χ4n) is 2.14. The summed E-state index contributed by atoms with van der Waals surface area (Å²) in [5.41, 5.74) is 0.904. The molecule has 2 rings (SSSR count). The molecule has 23 heavy (non-hydrogen) atoms. The van der Waals surface area contributed by atoms with Crippen LogP contribution in [0, 0.1) is 0 Å². The van der Waals surface area contributed by atoms with Crippen LogP contribution in [0.15, 0.2) is 42.5 Å². The molecule has 2 aromatic carbocycles. The summed E-state index contributed by atoms with van der Waals surface area (Å²) >= 11 is 0. The summed E-state index contributed by atoms with van der Waals surface area (Å²) in [5.74, 6) is -0.427. The Kier molecular flexibility index (Phi) is 5.19. The Morgan fingerprint density at radius 3 is 2.26 bits per heavy atom. The summed E-state index contributed by atoms with van der Waals surface area (Å²) in [5, 5.41) is 11.8. The smallest absolute Gasteiger partial charge is 0.336 e. The van der Waals surface area contributed by atoms with Gasteiger partial charge in [-0.05, 0) is 29.8 Å². The zero-order valence-corrected chi connectivity index (χ0v) is 12.8. The number of ether oxygens (including phenoxy) is 2. The van der Waals surface area contributed by atoms with E-state index in [1.807, 2.05) is 0 Å². The maximum Gasteiger partial charge on any atom is 0.336 e. The average molecular weight is 315 g/mol. The molecule has 0 atom stereocenters. The van der Waals surface area contributed by atoms with Gasteiger partial charge in [-0.3, -0.25) is 4.79 Å². The van der Waals surface area contributed by atoms with Crippen molar-refractivity contribution in [3.05, 3.63) is 59.2 Å². The summed E-state index contributed by atoms with van der Waals surface area (Å²) < 4.78 is 10.4. The van der Waals surface area contributed by atoms with Crippen LogP contribution in [0.5, 0.6) is 11.5 Å². The van der Waals surface area contributed by atoms with Gasteiger partial charge in [0.1, 0.15) is 0 Å². The lowest BCUT2D eigenvalue weighted by Crippen LogP contribution is -2.24. The Balaban J connectivity index is 2.12. The van der Waals surface area contributed by atoms with Gasteiger partial charge in [-0.15, -0.1) is 0 Å². The number of nitrogens with one attached hydrogen (secondary N) is 1. The van der Waals surface area contributed by atoms with Crippen LogP contribution in [0.1, 0.15) is 26.3 Å². The van der Waals surface area contributed by atoms with Crippen LogP contribution in [0.2, 0.25) is 0 Å². The predicted octanol–water partition coefficient (Wildman–Crippen LogP) is 2.33. The van der Waals surface area contributed by atoms with E-state index >= 15 is 0 Å². The molecule has 0 aliphatic heterocycles. The highest BCUT2D eigenvalue weighted by atomic mass is 16.5. The number of hydrogen-bond acceptors (Lipinski definition) is 4. The van der Waals surface area contributed by atoms with Gasteiger partial charge in [0.2, 0.25) is 0 Å². The molecule has 0 spiro atoms. The van der Waals surface area contributed by atoms with E-state index in [9.17, 15) is 9.59 Å². The molecule has 0 unspecified atom stereocenters. The zero-order valence-electron chi connectivity index (χ0n) is 12.8. The molecule has 2 N–H and O–H groups in total. The average Bonchev–Trinajstić information content (AvgIpc) is 2.59. The van der Waals surface area contributed by atoms with Gasteiger partial charge in [0.05, 0.1) is 25.3 Å². The van der Waals surface area contributed by atoms with Crippen molar-refractivity contribution in [2.75, 3.05) is 14.2 Å². The molecule has 2 aromatic rings. The van der Waals surface area contributed by atoms with Crippen molar-refractivity contribution in [2.45, 2.75) is 6.54 Å². The second-order valence-corrected chi connectivity index (χ2v) is 4.72. The Bertz CT molecular complexity index is 727. The van der Waals surface area contributed by atoms with Gasteiger partial charge in [-0.1, -0.05) is 18.2 Å². The molecule has 0 aliphatic rings. The lowest BCUT2D eigenvalue weighted by atomic mass is 10.1. The van der Waals surface area contributed by atoms with Crippen molar-refractivity contribution in [1.82, 2.24) is 5.32 Å². The van der Waals surface area contributed by atoms with Gasteiger partial charge < -0.3 is 19.9 Å². The highest BCUT2D eigenvalue weighted by Gasteiger charge is 2.15. The molecule has 0 fully saturated rings. The fourth-order valence-corrected chi connectivity index (χ4v) is 2.14. The second-order valence-electron chi connectivity index (χ2n) is 4.72. The number of methoxy groups -OCH3 is 2. The van der Waals surface area contributed by atoms with Crippen LogP contribution >= 0.6 is 0 Å². The normalized spacial score (nSPS) is 10.0. The highest BCUT2D eigenvalue weighted by molar-refractivity contribution is 6.04. The standard InChI is InChI=1S/C17H17NO5/c1-22-14-8-7-11(9-15(14)23-2)10-18-16(19)12-5-3-4-6-13(12)17(20)21/h3-9H,10H2,1-2H3,(H,18,19)(H,20,21). The van der Waals surface area contributed by atoms with Crippen LogP contribution in [-0.2, 0) is 6.54 Å². The molecule has 6 heteroatoms. The topological polar surface area (TPSA) is 84.9 Å².